The van der Waals surface area contributed by atoms with Gasteiger partial charge < -0.3 is 10.2 Å². The topological polar surface area (TPSA) is 69.7 Å². The van der Waals surface area contributed by atoms with Gasteiger partial charge in [0.2, 0.25) is 10.0 Å². The highest BCUT2D eigenvalue weighted by Gasteiger charge is 2.31. The van der Waals surface area contributed by atoms with Crippen LogP contribution in [0.3, 0.4) is 0 Å². The number of piperazine rings is 1. The minimum absolute atomic E-state index is 0.00454. The normalized spacial score (nSPS) is 14.7. The summed E-state index contributed by atoms with van der Waals surface area (Å²) in [6.45, 7) is 5.42. The second-order valence-corrected chi connectivity index (χ2v) is 11.1. The maximum absolute atomic E-state index is 14.7. The number of nitrogens with zero attached hydrogens (tertiary/aromatic N) is 2. The van der Waals surface area contributed by atoms with Crippen LogP contribution in [0.1, 0.15) is 21.5 Å². The molecule has 4 rings (SSSR count). The smallest absolute Gasteiger partial charge is 0.255 e. The first-order valence-corrected chi connectivity index (χ1v) is 13.1. The standard InChI is InChI=1S/C25H24Cl2FN3O3S/c1-16-4-3-5-23(17(16)2)30-8-10-31(11-9-30)35(33,34)24-12-18(6-7-22(24)28)25(32)29-21-14-19(26)13-20(27)15-21/h3-7,12-15H,8-11H2,1-2H3,(H,29,32). The highest BCUT2D eigenvalue weighted by molar-refractivity contribution is 7.89. The van der Waals surface area contributed by atoms with E-state index in [9.17, 15) is 17.6 Å². The summed E-state index contributed by atoms with van der Waals surface area (Å²) in [6.07, 6.45) is 0. The summed E-state index contributed by atoms with van der Waals surface area (Å²) in [5.74, 6) is -1.52. The Balaban J connectivity index is 1.53. The van der Waals surface area contributed by atoms with Gasteiger partial charge in [0.05, 0.1) is 0 Å². The number of halogens is 3. The second kappa shape index (κ2) is 10.1. The molecule has 0 unspecified atom stereocenters. The molecule has 1 aliphatic heterocycles. The zero-order valence-electron chi connectivity index (χ0n) is 19.2. The summed E-state index contributed by atoms with van der Waals surface area (Å²) in [5, 5.41) is 3.26. The van der Waals surface area contributed by atoms with Crippen LogP contribution in [0.2, 0.25) is 10.0 Å². The van der Waals surface area contributed by atoms with Crippen molar-refractivity contribution in [2.45, 2.75) is 18.7 Å². The average Bonchev–Trinajstić information content (AvgIpc) is 2.80. The molecule has 10 heteroatoms. The van der Waals surface area contributed by atoms with E-state index in [4.69, 9.17) is 23.2 Å². The highest BCUT2D eigenvalue weighted by Crippen LogP contribution is 2.28. The minimum atomic E-state index is -4.15. The first-order chi connectivity index (χ1) is 16.6. The van der Waals surface area contributed by atoms with Gasteiger partial charge in [0.1, 0.15) is 10.7 Å². The molecule has 0 radical (unpaired) electrons. The van der Waals surface area contributed by atoms with Crippen LogP contribution in [0, 0.1) is 19.7 Å². The molecule has 0 spiro atoms. The molecule has 0 bridgehead atoms. The fourth-order valence-corrected chi connectivity index (χ4v) is 6.10. The molecule has 0 aliphatic carbocycles. The number of rotatable bonds is 5. The maximum atomic E-state index is 14.7. The quantitative estimate of drug-likeness (QED) is 0.467. The Hall–Kier alpha value is -2.65. The van der Waals surface area contributed by atoms with Crippen molar-refractivity contribution in [1.82, 2.24) is 4.31 Å². The SMILES string of the molecule is Cc1cccc(N2CCN(S(=O)(=O)c3cc(C(=O)Nc4cc(Cl)cc(Cl)c4)ccc3F)CC2)c1C. The lowest BCUT2D eigenvalue weighted by molar-refractivity contribution is 0.102. The Kier molecular flexibility index (Phi) is 7.38. The van der Waals surface area contributed by atoms with Crippen molar-refractivity contribution in [3.63, 3.8) is 0 Å². The van der Waals surface area contributed by atoms with Crippen LogP contribution in [-0.2, 0) is 10.0 Å². The maximum Gasteiger partial charge on any atom is 0.255 e. The monoisotopic (exact) mass is 535 g/mol. The van der Waals surface area contributed by atoms with Crippen molar-refractivity contribution in [1.29, 1.82) is 0 Å². The van der Waals surface area contributed by atoms with Gasteiger partial charge in [-0.1, -0.05) is 35.3 Å². The zero-order valence-corrected chi connectivity index (χ0v) is 21.5. The number of carbonyl (C=O) groups is 1. The summed E-state index contributed by atoms with van der Waals surface area (Å²) >= 11 is 11.9. The first-order valence-electron chi connectivity index (χ1n) is 10.9. The average molecular weight is 536 g/mol. The summed E-state index contributed by atoms with van der Waals surface area (Å²) in [4.78, 5) is 14.3. The Bertz CT molecular complexity index is 1370. The van der Waals surface area contributed by atoms with Crippen LogP contribution in [-0.4, -0.2) is 44.8 Å². The number of hydrogen-bond donors (Lipinski definition) is 1. The Morgan fingerprint density at radius 2 is 1.60 bits per heavy atom. The lowest BCUT2D eigenvalue weighted by Crippen LogP contribution is -2.49. The third kappa shape index (κ3) is 5.46. The molecule has 1 saturated heterocycles. The largest absolute Gasteiger partial charge is 0.369 e. The molecule has 0 saturated carbocycles. The predicted molar refractivity (Wildman–Crippen MR) is 138 cm³/mol. The molecule has 3 aromatic rings. The highest BCUT2D eigenvalue weighted by atomic mass is 35.5. The second-order valence-electron chi connectivity index (χ2n) is 8.37. The van der Waals surface area contributed by atoms with Gasteiger partial charge in [0, 0.05) is 53.2 Å². The van der Waals surface area contributed by atoms with E-state index in [1.165, 1.54) is 28.6 Å². The molecule has 184 valence electrons. The number of nitrogens with one attached hydrogen (secondary N) is 1. The number of sulfonamides is 1. The Morgan fingerprint density at radius 3 is 2.26 bits per heavy atom. The third-order valence-electron chi connectivity index (χ3n) is 6.09. The lowest BCUT2D eigenvalue weighted by Gasteiger charge is -2.36. The summed E-state index contributed by atoms with van der Waals surface area (Å²) in [5.41, 5.74) is 3.70. The number of hydrogen-bond acceptors (Lipinski definition) is 4. The fourth-order valence-electron chi connectivity index (χ4n) is 4.06. The van der Waals surface area contributed by atoms with Crippen molar-refractivity contribution < 1.29 is 17.6 Å². The fraction of sp³-hybridized carbons (Fsp3) is 0.240. The van der Waals surface area contributed by atoms with Crippen molar-refractivity contribution >= 4 is 50.5 Å². The molecule has 3 aromatic carbocycles. The van der Waals surface area contributed by atoms with Crippen LogP contribution in [0.5, 0.6) is 0 Å². The summed E-state index contributed by atoms with van der Waals surface area (Å²) in [7, 11) is -4.15. The number of carbonyl (C=O) groups excluding carboxylic acids is 1. The molecule has 1 amide bonds. The van der Waals surface area contributed by atoms with E-state index in [1.807, 2.05) is 32.0 Å². The third-order valence-corrected chi connectivity index (χ3v) is 8.44. The predicted octanol–water partition coefficient (Wildman–Crippen LogP) is 5.51. The lowest BCUT2D eigenvalue weighted by atomic mass is 10.1. The van der Waals surface area contributed by atoms with Gasteiger partial charge in [-0.05, 0) is 67.4 Å². The molecular weight excluding hydrogens is 512 g/mol. The van der Waals surface area contributed by atoms with Crippen molar-refractivity contribution in [3.05, 3.63) is 87.2 Å². The van der Waals surface area contributed by atoms with E-state index in [0.29, 0.717) is 28.8 Å². The van der Waals surface area contributed by atoms with Crippen LogP contribution in [0.4, 0.5) is 15.8 Å². The van der Waals surface area contributed by atoms with E-state index in [-0.39, 0.29) is 18.7 Å². The summed E-state index contributed by atoms with van der Waals surface area (Å²) < 4.78 is 42.5. The first kappa shape index (κ1) is 25.4. The van der Waals surface area contributed by atoms with Crippen LogP contribution in [0.15, 0.2) is 59.5 Å². The Labute approximate surface area is 214 Å². The van der Waals surface area contributed by atoms with Gasteiger partial charge in [0.25, 0.3) is 5.91 Å². The van der Waals surface area contributed by atoms with Crippen LogP contribution >= 0.6 is 23.2 Å². The number of benzene rings is 3. The van der Waals surface area contributed by atoms with Gasteiger partial charge in [0.15, 0.2) is 0 Å². The number of aryl methyl sites for hydroxylation is 1. The molecule has 1 heterocycles. The molecule has 1 N–H and O–H groups in total. The van der Waals surface area contributed by atoms with Crippen LogP contribution in [0.25, 0.3) is 0 Å². The molecule has 35 heavy (non-hydrogen) atoms. The van der Waals surface area contributed by atoms with Crippen molar-refractivity contribution in [2.24, 2.45) is 0 Å². The molecular formula is C25H24Cl2FN3O3S. The number of amides is 1. The molecule has 1 aliphatic rings. The molecule has 6 nitrogen and oxygen atoms in total. The zero-order chi connectivity index (χ0) is 25.3. The van der Waals surface area contributed by atoms with Gasteiger partial charge >= 0.3 is 0 Å². The van der Waals surface area contributed by atoms with Gasteiger partial charge in [-0.3, -0.25) is 4.79 Å². The van der Waals surface area contributed by atoms with E-state index < -0.39 is 26.6 Å². The van der Waals surface area contributed by atoms with Crippen molar-refractivity contribution in [2.75, 3.05) is 36.4 Å². The molecule has 0 aromatic heterocycles. The van der Waals surface area contributed by atoms with Gasteiger partial charge in [-0.25, -0.2) is 12.8 Å². The van der Waals surface area contributed by atoms with Gasteiger partial charge in [-0.2, -0.15) is 4.31 Å². The summed E-state index contributed by atoms with van der Waals surface area (Å²) in [6, 6.07) is 13.8. The van der Waals surface area contributed by atoms with Gasteiger partial charge in [-0.15, -0.1) is 0 Å². The van der Waals surface area contributed by atoms with E-state index in [0.717, 1.165) is 28.9 Å². The number of anilines is 2. The van der Waals surface area contributed by atoms with Crippen LogP contribution < -0.4 is 10.2 Å². The molecule has 1 fully saturated rings. The minimum Gasteiger partial charge on any atom is -0.369 e. The van der Waals surface area contributed by atoms with Crippen molar-refractivity contribution in [3.8, 4) is 0 Å². The van der Waals surface area contributed by atoms with E-state index >= 15 is 0 Å². The molecule has 0 atom stereocenters. The van der Waals surface area contributed by atoms with E-state index in [1.54, 1.807) is 0 Å². The van der Waals surface area contributed by atoms with E-state index in [2.05, 4.69) is 10.2 Å². The Morgan fingerprint density at radius 1 is 0.943 bits per heavy atom.